The highest BCUT2D eigenvalue weighted by atomic mass is 32.1. The van der Waals surface area contributed by atoms with Crippen LogP contribution in [0.5, 0.6) is 0 Å². The molecule has 9 heavy (non-hydrogen) atoms. The van der Waals surface area contributed by atoms with Crippen LogP contribution in [0.25, 0.3) is 0 Å². The summed E-state index contributed by atoms with van der Waals surface area (Å²) in [4.78, 5) is 13.5. The lowest BCUT2D eigenvalue weighted by atomic mass is 10.5. The Kier molecular flexibility index (Phi) is 1.44. The van der Waals surface area contributed by atoms with Crippen molar-refractivity contribution in [3.05, 3.63) is 12.0 Å². The summed E-state index contributed by atoms with van der Waals surface area (Å²) in [6.45, 7) is 0. The highest BCUT2D eigenvalue weighted by Gasteiger charge is 2.06. The summed E-state index contributed by atoms with van der Waals surface area (Å²) < 4.78 is 4.50. The first-order valence-corrected chi connectivity index (χ1v) is 2.52. The van der Waals surface area contributed by atoms with Crippen molar-refractivity contribution >= 4 is 18.6 Å². The molecule has 0 radical (unpaired) electrons. The Labute approximate surface area is 55.9 Å². The molecule has 4 nitrogen and oxygen atoms in total. The van der Waals surface area contributed by atoms with Crippen LogP contribution in [0.4, 0.5) is 0 Å². The summed E-state index contributed by atoms with van der Waals surface area (Å²) in [5.41, 5.74) is -0.125. The Morgan fingerprint density at radius 3 is 2.78 bits per heavy atom. The second-order valence-corrected chi connectivity index (χ2v) is 1.70. The minimum absolute atomic E-state index is 0.0624. The number of rotatable bonds is 1. The Hall–Kier alpha value is -0.970. The Morgan fingerprint density at radius 2 is 2.56 bits per heavy atom. The lowest BCUT2D eigenvalue weighted by Gasteiger charge is -1.76. The SMILES string of the molecule is O=C(O)c1coc(S)n1. The zero-order valence-corrected chi connectivity index (χ0v) is 5.13. The van der Waals surface area contributed by atoms with Gasteiger partial charge in [-0.25, -0.2) is 4.79 Å². The van der Waals surface area contributed by atoms with E-state index in [1.165, 1.54) is 0 Å². The molecule has 0 amide bonds. The van der Waals surface area contributed by atoms with E-state index in [0.29, 0.717) is 0 Å². The van der Waals surface area contributed by atoms with Crippen LogP contribution in [0.2, 0.25) is 0 Å². The zero-order chi connectivity index (χ0) is 6.85. The fourth-order valence-electron chi connectivity index (χ4n) is 0.362. The lowest BCUT2D eigenvalue weighted by molar-refractivity contribution is 0.0690. The van der Waals surface area contributed by atoms with Gasteiger partial charge >= 0.3 is 5.97 Å². The van der Waals surface area contributed by atoms with E-state index in [0.717, 1.165) is 6.26 Å². The molecule has 0 unspecified atom stereocenters. The van der Waals surface area contributed by atoms with Crippen molar-refractivity contribution in [3.8, 4) is 0 Å². The van der Waals surface area contributed by atoms with Gasteiger partial charge in [0, 0.05) is 0 Å². The average Bonchev–Trinajstić information content (AvgIpc) is 2.14. The molecule has 0 aliphatic carbocycles. The third kappa shape index (κ3) is 1.23. The topological polar surface area (TPSA) is 63.3 Å². The van der Waals surface area contributed by atoms with Crippen LogP contribution in [0.3, 0.4) is 0 Å². The van der Waals surface area contributed by atoms with E-state index >= 15 is 0 Å². The maximum atomic E-state index is 10.1. The number of aromatic carboxylic acids is 1. The predicted octanol–water partition coefficient (Wildman–Crippen LogP) is 0.661. The second-order valence-electron chi connectivity index (χ2n) is 1.32. The molecule has 0 fully saturated rings. The molecule has 1 N–H and O–H groups in total. The van der Waals surface area contributed by atoms with Crippen molar-refractivity contribution in [2.45, 2.75) is 5.22 Å². The summed E-state index contributed by atoms with van der Waals surface area (Å²) in [6.07, 6.45) is 1.03. The molecular formula is C4H3NO3S. The number of carboxylic acid groups (broad SMARTS) is 1. The predicted molar refractivity (Wildman–Crippen MR) is 30.7 cm³/mol. The van der Waals surface area contributed by atoms with Crippen LogP contribution in [0.15, 0.2) is 15.9 Å². The average molecular weight is 145 g/mol. The van der Waals surface area contributed by atoms with Crippen LogP contribution >= 0.6 is 12.6 Å². The molecule has 1 aromatic heterocycles. The third-order valence-corrected chi connectivity index (χ3v) is 0.917. The first-order chi connectivity index (χ1) is 4.20. The third-order valence-electron chi connectivity index (χ3n) is 0.711. The summed E-state index contributed by atoms with van der Waals surface area (Å²) in [7, 11) is 0. The van der Waals surface area contributed by atoms with E-state index in [4.69, 9.17) is 5.11 Å². The molecule has 0 spiro atoms. The molecule has 0 aliphatic rings. The van der Waals surface area contributed by atoms with Gasteiger partial charge < -0.3 is 9.52 Å². The quantitative estimate of drug-likeness (QED) is 0.570. The summed E-state index contributed by atoms with van der Waals surface area (Å²) in [5.74, 6) is -1.11. The van der Waals surface area contributed by atoms with E-state index in [1.807, 2.05) is 0 Å². The Morgan fingerprint density at radius 1 is 1.89 bits per heavy atom. The molecule has 0 bridgehead atoms. The number of carbonyl (C=O) groups is 1. The van der Waals surface area contributed by atoms with Crippen molar-refractivity contribution < 1.29 is 14.3 Å². The maximum Gasteiger partial charge on any atom is 0.357 e. The van der Waals surface area contributed by atoms with Gasteiger partial charge in [0.05, 0.1) is 0 Å². The summed E-state index contributed by atoms with van der Waals surface area (Å²) in [6, 6.07) is 0. The van der Waals surface area contributed by atoms with Crippen LogP contribution < -0.4 is 0 Å². The molecule has 0 saturated heterocycles. The Bertz CT molecular complexity index is 231. The van der Waals surface area contributed by atoms with E-state index in [1.54, 1.807) is 0 Å². The lowest BCUT2D eigenvalue weighted by Crippen LogP contribution is -1.94. The maximum absolute atomic E-state index is 10.1. The zero-order valence-electron chi connectivity index (χ0n) is 4.24. The fourth-order valence-corrected chi connectivity index (χ4v) is 0.523. The number of aromatic nitrogens is 1. The van der Waals surface area contributed by atoms with Gasteiger partial charge in [-0.1, -0.05) is 12.6 Å². The number of carboxylic acids is 1. The van der Waals surface area contributed by atoms with Gasteiger partial charge in [0.25, 0.3) is 5.22 Å². The highest BCUT2D eigenvalue weighted by molar-refractivity contribution is 7.80. The normalized spacial score (nSPS) is 9.44. The van der Waals surface area contributed by atoms with Crippen molar-refractivity contribution in [2.75, 3.05) is 0 Å². The molecular weight excluding hydrogens is 142 g/mol. The molecule has 0 aromatic carbocycles. The Balaban J connectivity index is 2.98. The minimum Gasteiger partial charge on any atom is -0.476 e. The van der Waals surface area contributed by atoms with Crippen molar-refractivity contribution in [1.82, 2.24) is 4.98 Å². The monoisotopic (exact) mass is 145 g/mol. The summed E-state index contributed by atoms with van der Waals surface area (Å²) in [5, 5.41) is 8.30. The van der Waals surface area contributed by atoms with Crippen molar-refractivity contribution in [1.29, 1.82) is 0 Å². The number of oxazole rings is 1. The van der Waals surface area contributed by atoms with Gasteiger partial charge in [0.2, 0.25) is 0 Å². The molecule has 5 heteroatoms. The van der Waals surface area contributed by atoms with Crippen LogP contribution in [-0.4, -0.2) is 16.1 Å². The van der Waals surface area contributed by atoms with Gasteiger partial charge in [0.1, 0.15) is 6.26 Å². The van der Waals surface area contributed by atoms with Crippen LogP contribution in [0, 0.1) is 0 Å². The van der Waals surface area contributed by atoms with Crippen molar-refractivity contribution in [2.24, 2.45) is 0 Å². The smallest absolute Gasteiger partial charge is 0.357 e. The van der Waals surface area contributed by atoms with Crippen molar-refractivity contribution in [3.63, 3.8) is 0 Å². The number of thiol groups is 1. The van der Waals surface area contributed by atoms with Crippen LogP contribution in [0.1, 0.15) is 10.5 Å². The molecule has 48 valence electrons. The van der Waals surface area contributed by atoms with Gasteiger partial charge in [-0.15, -0.1) is 0 Å². The number of hydrogen-bond acceptors (Lipinski definition) is 4. The molecule has 0 saturated carbocycles. The molecule has 1 rings (SSSR count). The van der Waals surface area contributed by atoms with E-state index in [-0.39, 0.29) is 10.9 Å². The van der Waals surface area contributed by atoms with Gasteiger partial charge in [-0.3, -0.25) is 0 Å². The number of hydrogen-bond donors (Lipinski definition) is 2. The standard InChI is InChI=1S/C4H3NO3S/c6-3(7)2-1-8-4(9)5-2/h1H,(H,5,9)(H,6,7). The van der Waals surface area contributed by atoms with Gasteiger partial charge in [0.15, 0.2) is 5.69 Å². The van der Waals surface area contributed by atoms with Gasteiger partial charge in [-0.2, -0.15) is 4.98 Å². The second kappa shape index (κ2) is 2.10. The molecule has 1 heterocycles. The fraction of sp³-hybridized carbons (Fsp3) is 0. The largest absolute Gasteiger partial charge is 0.476 e. The van der Waals surface area contributed by atoms with Gasteiger partial charge in [-0.05, 0) is 0 Å². The minimum atomic E-state index is -1.11. The summed E-state index contributed by atoms with van der Waals surface area (Å²) >= 11 is 3.66. The highest BCUT2D eigenvalue weighted by Crippen LogP contribution is 2.04. The van der Waals surface area contributed by atoms with Crippen LogP contribution in [-0.2, 0) is 0 Å². The van der Waals surface area contributed by atoms with E-state index in [2.05, 4.69) is 22.0 Å². The molecule has 0 atom stereocenters. The number of nitrogens with zero attached hydrogens (tertiary/aromatic N) is 1. The van der Waals surface area contributed by atoms with E-state index in [9.17, 15) is 4.79 Å². The van der Waals surface area contributed by atoms with E-state index < -0.39 is 5.97 Å². The first kappa shape index (κ1) is 6.15. The molecule has 1 aromatic rings. The molecule has 0 aliphatic heterocycles. The first-order valence-electron chi connectivity index (χ1n) is 2.08.